The minimum atomic E-state index is 0.448. The highest BCUT2D eigenvalue weighted by Gasteiger charge is 2.03. The van der Waals surface area contributed by atoms with Crippen molar-refractivity contribution in [3.05, 3.63) is 77.4 Å². The molecule has 0 amide bonds. The van der Waals surface area contributed by atoms with Crippen molar-refractivity contribution < 1.29 is 4.74 Å². The second-order valence-electron chi connectivity index (χ2n) is 5.33. The van der Waals surface area contributed by atoms with E-state index in [1.807, 2.05) is 24.3 Å². The lowest BCUT2D eigenvalue weighted by atomic mass is 9.97. The monoisotopic (exact) mass is 287 g/mol. The van der Waals surface area contributed by atoms with Gasteiger partial charge in [0.05, 0.1) is 19.6 Å². The topological polar surface area (TPSA) is 33.0 Å². The highest BCUT2D eigenvalue weighted by atomic mass is 16.5. The smallest absolute Gasteiger partial charge is 0.118 e. The summed E-state index contributed by atoms with van der Waals surface area (Å²) in [5.74, 6) is 0.874. The zero-order valence-corrected chi connectivity index (χ0v) is 12.5. The Kier molecular flexibility index (Phi) is 4.07. The molecule has 3 aromatic rings. The summed E-state index contributed by atoms with van der Waals surface area (Å²) in [6.07, 6.45) is 1.32. The van der Waals surface area contributed by atoms with E-state index in [1.165, 1.54) is 21.9 Å². The summed E-state index contributed by atoms with van der Waals surface area (Å²) in [6.45, 7) is 0. The van der Waals surface area contributed by atoms with E-state index in [1.54, 1.807) is 7.11 Å². The Morgan fingerprint density at radius 2 is 1.73 bits per heavy atom. The van der Waals surface area contributed by atoms with Gasteiger partial charge >= 0.3 is 0 Å². The molecule has 2 heteroatoms. The largest absolute Gasteiger partial charge is 0.497 e. The van der Waals surface area contributed by atoms with Crippen molar-refractivity contribution in [2.24, 2.45) is 0 Å². The summed E-state index contributed by atoms with van der Waals surface area (Å²) in [5, 5.41) is 11.3. The maximum Gasteiger partial charge on any atom is 0.118 e. The molecule has 2 nitrogen and oxygen atoms in total. The Bertz CT molecular complexity index is 828. The minimum absolute atomic E-state index is 0.448. The fourth-order valence-electron chi connectivity index (χ4n) is 2.71. The van der Waals surface area contributed by atoms with Gasteiger partial charge in [0.2, 0.25) is 0 Å². The third kappa shape index (κ3) is 2.94. The summed E-state index contributed by atoms with van der Waals surface area (Å²) in [4.78, 5) is 0. The lowest BCUT2D eigenvalue weighted by Gasteiger charge is -2.08. The predicted molar refractivity (Wildman–Crippen MR) is 89.1 cm³/mol. The van der Waals surface area contributed by atoms with Gasteiger partial charge in [0.15, 0.2) is 0 Å². The Morgan fingerprint density at radius 3 is 2.45 bits per heavy atom. The van der Waals surface area contributed by atoms with Gasteiger partial charge in [-0.2, -0.15) is 5.26 Å². The van der Waals surface area contributed by atoms with Crippen molar-refractivity contribution in [1.29, 1.82) is 5.26 Å². The van der Waals surface area contributed by atoms with Gasteiger partial charge in [-0.1, -0.05) is 48.5 Å². The Hall–Kier alpha value is -2.79. The molecule has 0 atom stereocenters. The molecule has 0 bridgehead atoms. The molecule has 0 N–H and O–H groups in total. The van der Waals surface area contributed by atoms with E-state index in [4.69, 9.17) is 10.00 Å². The third-order valence-electron chi connectivity index (χ3n) is 3.87. The molecule has 0 saturated heterocycles. The van der Waals surface area contributed by atoms with Gasteiger partial charge in [0, 0.05) is 0 Å². The molecule has 0 unspecified atom stereocenters. The minimum Gasteiger partial charge on any atom is -0.497 e. The fraction of sp³-hybridized carbons (Fsp3) is 0.150. The molecule has 0 saturated carbocycles. The van der Waals surface area contributed by atoms with E-state index in [9.17, 15) is 0 Å². The van der Waals surface area contributed by atoms with E-state index in [-0.39, 0.29) is 0 Å². The predicted octanol–water partition coefficient (Wildman–Crippen LogP) is 4.51. The van der Waals surface area contributed by atoms with E-state index in [0.29, 0.717) is 6.42 Å². The number of ether oxygens (including phenoxy) is 1. The summed E-state index contributed by atoms with van der Waals surface area (Å²) >= 11 is 0. The van der Waals surface area contributed by atoms with Crippen molar-refractivity contribution >= 4 is 10.8 Å². The van der Waals surface area contributed by atoms with Gasteiger partial charge in [-0.25, -0.2) is 0 Å². The van der Waals surface area contributed by atoms with Crippen LogP contribution in [0.5, 0.6) is 5.75 Å². The molecule has 0 aliphatic carbocycles. The first-order valence-corrected chi connectivity index (χ1v) is 7.30. The molecular weight excluding hydrogens is 270 g/mol. The van der Waals surface area contributed by atoms with Crippen LogP contribution in [0.3, 0.4) is 0 Å². The van der Waals surface area contributed by atoms with Crippen LogP contribution < -0.4 is 4.74 Å². The Balaban J connectivity index is 1.93. The molecule has 0 aliphatic heterocycles. The van der Waals surface area contributed by atoms with Crippen LogP contribution in [0, 0.1) is 11.3 Å². The number of hydrogen-bond donors (Lipinski definition) is 0. The number of fused-ring (bicyclic) bond motifs is 1. The molecule has 0 spiro atoms. The average Bonchev–Trinajstić information content (AvgIpc) is 2.56. The molecule has 0 fully saturated rings. The van der Waals surface area contributed by atoms with E-state index >= 15 is 0 Å². The number of methoxy groups -OCH3 is 1. The van der Waals surface area contributed by atoms with Crippen molar-refractivity contribution in [2.75, 3.05) is 7.11 Å². The van der Waals surface area contributed by atoms with Crippen LogP contribution in [0.2, 0.25) is 0 Å². The summed E-state index contributed by atoms with van der Waals surface area (Å²) in [6, 6.07) is 23.0. The van der Waals surface area contributed by atoms with Crippen LogP contribution >= 0.6 is 0 Å². The summed E-state index contributed by atoms with van der Waals surface area (Å²) < 4.78 is 5.19. The highest BCUT2D eigenvalue weighted by Crippen LogP contribution is 2.23. The van der Waals surface area contributed by atoms with Crippen LogP contribution in [-0.2, 0) is 12.8 Å². The van der Waals surface area contributed by atoms with Gasteiger partial charge in [-0.15, -0.1) is 0 Å². The quantitative estimate of drug-likeness (QED) is 0.707. The van der Waals surface area contributed by atoms with Gasteiger partial charge in [-0.05, 0) is 46.0 Å². The molecule has 22 heavy (non-hydrogen) atoms. The zero-order valence-electron chi connectivity index (χ0n) is 12.5. The highest BCUT2D eigenvalue weighted by molar-refractivity contribution is 5.86. The number of nitrogens with zero attached hydrogens (tertiary/aromatic N) is 1. The molecule has 3 aromatic carbocycles. The molecule has 3 rings (SSSR count). The number of benzene rings is 3. The van der Waals surface area contributed by atoms with Gasteiger partial charge in [-0.3, -0.25) is 0 Å². The maximum atomic E-state index is 8.97. The normalized spacial score (nSPS) is 10.4. The van der Waals surface area contributed by atoms with Crippen molar-refractivity contribution in [3.8, 4) is 11.8 Å². The average molecular weight is 287 g/mol. The van der Waals surface area contributed by atoms with Gasteiger partial charge in [0.25, 0.3) is 0 Å². The zero-order chi connectivity index (χ0) is 15.4. The van der Waals surface area contributed by atoms with E-state index in [2.05, 4.69) is 42.5 Å². The van der Waals surface area contributed by atoms with Crippen molar-refractivity contribution in [1.82, 2.24) is 0 Å². The molecule has 0 aliphatic rings. The standard InChI is InChI=1S/C20H17NO/c1-22-19-9-6-15(7-10-19)13-16-5-8-17-3-2-4-18(11-12-21)20(17)14-16/h2-10,14H,11,13H2,1H3. The maximum absolute atomic E-state index is 8.97. The summed E-state index contributed by atoms with van der Waals surface area (Å²) in [5.41, 5.74) is 3.59. The fourth-order valence-corrected chi connectivity index (χ4v) is 2.71. The Labute approximate surface area is 130 Å². The number of nitriles is 1. The van der Waals surface area contributed by atoms with Crippen LogP contribution in [0.1, 0.15) is 16.7 Å². The second kappa shape index (κ2) is 6.32. The van der Waals surface area contributed by atoms with Crippen LogP contribution in [0.25, 0.3) is 10.8 Å². The van der Waals surface area contributed by atoms with Gasteiger partial charge in [0.1, 0.15) is 5.75 Å². The number of rotatable bonds is 4. The first kappa shape index (κ1) is 14.2. The summed E-state index contributed by atoms with van der Waals surface area (Å²) in [7, 11) is 1.68. The third-order valence-corrected chi connectivity index (χ3v) is 3.87. The van der Waals surface area contributed by atoms with E-state index < -0.39 is 0 Å². The molecule has 0 radical (unpaired) electrons. The van der Waals surface area contributed by atoms with Crippen molar-refractivity contribution in [3.63, 3.8) is 0 Å². The van der Waals surface area contributed by atoms with E-state index in [0.717, 1.165) is 17.7 Å². The first-order valence-electron chi connectivity index (χ1n) is 7.30. The number of hydrogen-bond acceptors (Lipinski definition) is 2. The Morgan fingerprint density at radius 1 is 0.955 bits per heavy atom. The van der Waals surface area contributed by atoms with Crippen molar-refractivity contribution in [2.45, 2.75) is 12.8 Å². The lowest BCUT2D eigenvalue weighted by Crippen LogP contribution is -1.91. The molecule has 108 valence electrons. The second-order valence-corrected chi connectivity index (χ2v) is 5.33. The molecule has 0 aromatic heterocycles. The van der Waals surface area contributed by atoms with Crippen LogP contribution in [0.15, 0.2) is 60.7 Å². The van der Waals surface area contributed by atoms with Crippen LogP contribution in [-0.4, -0.2) is 7.11 Å². The van der Waals surface area contributed by atoms with Crippen LogP contribution in [0.4, 0.5) is 0 Å². The first-order chi connectivity index (χ1) is 10.8. The SMILES string of the molecule is COc1ccc(Cc2ccc3cccc(CC#N)c3c2)cc1. The lowest BCUT2D eigenvalue weighted by molar-refractivity contribution is 0.414. The van der Waals surface area contributed by atoms with Gasteiger partial charge < -0.3 is 4.74 Å². The molecular formula is C20H17NO. The molecule has 0 heterocycles.